The number of aromatic nitrogens is 2. The Balaban J connectivity index is 2.30. The van der Waals surface area contributed by atoms with Crippen molar-refractivity contribution in [3.63, 3.8) is 0 Å². The number of nitrogen functional groups attached to an aromatic ring is 1. The molecule has 2 aromatic rings. The molecule has 0 aliphatic heterocycles. The van der Waals surface area contributed by atoms with Crippen molar-refractivity contribution in [2.75, 3.05) is 5.73 Å². The monoisotopic (exact) mass is 215 g/mol. The molecule has 3 rings (SSSR count). The second-order valence-corrected chi connectivity index (χ2v) is 5.00. The van der Waals surface area contributed by atoms with Crippen LogP contribution in [-0.4, -0.2) is 9.38 Å². The number of pyridine rings is 1. The summed E-state index contributed by atoms with van der Waals surface area (Å²) in [5, 5.41) is 0. The van der Waals surface area contributed by atoms with Gasteiger partial charge in [0, 0.05) is 17.6 Å². The van der Waals surface area contributed by atoms with Crippen molar-refractivity contribution in [2.24, 2.45) is 5.92 Å². The molecule has 3 heteroatoms. The largest absolute Gasteiger partial charge is 0.398 e. The minimum atomic E-state index is 0.758. The van der Waals surface area contributed by atoms with E-state index in [4.69, 9.17) is 10.7 Å². The number of rotatable bonds is 0. The van der Waals surface area contributed by atoms with Crippen LogP contribution in [0.15, 0.2) is 12.3 Å². The highest BCUT2D eigenvalue weighted by molar-refractivity contribution is 5.56. The maximum Gasteiger partial charge on any atom is 0.140 e. The highest BCUT2D eigenvalue weighted by Gasteiger charge is 2.21. The van der Waals surface area contributed by atoms with Crippen LogP contribution in [0.3, 0.4) is 0 Å². The van der Waals surface area contributed by atoms with E-state index in [1.807, 2.05) is 12.3 Å². The van der Waals surface area contributed by atoms with Gasteiger partial charge in [-0.2, -0.15) is 0 Å². The third-order valence-corrected chi connectivity index (χ3v) is 3.52. The van der Waals surface area contributed by atoms with E-state index in [9.17, 15) is 0 Å². The summed E-state index contributed by atoms with van der Waals surface area (Å²) < 4.78 is 2.19. The van der Waals surface area contributed by atoms with Crippen molar-refractivity contribution in [1.29, 1.82) is 0 Å². The van der Waals surface area contributed by atoms with Crippen molar-refractivity contribution in [1.82, 2.24) is 9.38 Å². The molecule has 2 heterocycles. The lowest BCUT2D eigenvalue weighted by Crippen LogP contribution is -2.12. The Hall–Kier alpha value is -1.51. The molecule has 3 nitrogen and oxygen atoms in total. The summed E-state index contributed by atoms with van der Waals surface area (Å²) in [4.78, 5) is 4.74. The summed E-state index contributed by atoms with van der Waals surface area (Å²) in [5.74, 6) is 0.758. The minimum absolute atomic E-state index is 0.758. The predicted molar refractivity (Wildman–Crippen MR) is 65.5 cm³/mol. The second-order valence-electron chi connectivity index (χ2n) is 5.00. The molecule has 0 fully saturated rings. The molecule has 1 unspecified atom stereocenters. The Morgan fingerprint density at radius 1 is 1.50 bits per heavy atom. The fraction of sp³-hybridized carbons (Fsp3) is 0.462. The molecular weight excluding hydrogens is 198 g/mol. The maximum absolute atomic E-state index is 5.90. The first-order valence-electron chi connectivity index (χ1n) is 5.91. The standard InChI is InChI=1S/C13H17N3/c1-8-3-4-11-12(5-8)16-7-10(14)6-9(2)13(16)15-11/h6-8H,3-5,14H2,1-2H3. The Morgan fingerprint density at radius 2 is 2.31 bits per heavy atom. The van der Waals surface area contributed by atoms with Gasteiger partial charge in [-0.05, 0) is 43.7 Å². The van der Waals surface area contributed by atoms with E-state index in [-0.39, 0.29) is 0 Å². The number of nitrogens with two attached hydrogens (primary N) is 1. The highest BCUT2D eigenvalue weighted by atomic mass is 15.0. The SMILES string of the molecule is Cc1cc(N)cn2c3c(nc12)CCC(C)C3. The zero-order valence-electron chi connectivity index (χ0n) is 9.83. The molecule has 0 saturated heterocycles. The Bertz CT molecular complexity index is 554. The fourth-order valence-electron chi connectivity index (χ4n) is 2.66. The van der Waals surface area contributed by atoms with Gasteiger partial charge >= 0.3 is 0 Å². The zero-order valence-corrected chi connectivity index (χ0v) is 9.83. The van der Waals surface area contributed by atoms with Gasteiger partial charge < -0.3 is 10.1 Å². The normalized spacial score (nSPS) is 20.0. The van der Waals surface area contributed by atoms with Gasteiger partial charge in [-0.3, -0.25) is 0 Å². The van der Waals surface area contributed by atoms with Crippen molar-refractivity contribution in [3.05, 3.63) is 29.2 Å². The molecule has 2 N–H and O–H groups in total. The van der Waals surface area contributed by atoms with Gasteiger partial charge in [-0.25, -0.2) is 4.98 Å². The van der Waals surface area contributed by atoms with Crippen molar-refractivity contribution in [3.8, 4) is 0 Å². The van der Waals surface area contributed by atoms with Crippen LogP contribution in [0.25, 0.3) is 5.65 Å². The van der Waals surface area contributed by atoms with Crippen molar-refractivity contribution < 1.29 is 0 Å². The second kappa shape index (κ2) is 3.24. The van der Waals surface area contributed by atoms with Crippen LogP contribution in [0.4, 0.5) is 5.69 Å². The number of imidazole rings is 1. The van der Waals surface area contributed by atoms with Gasteiger partial charge in [0.2, 0.25) is 0 Å². The van der Waals surface area contributed by atoms with Gasteiger partial charge in [0.05, 0.1) is 5.69 Å². The van der Waals surface area contributed by atoms with Gasteiger partial charge in [0.15, 0.2) is 0 Å². The van der Waals surface area contributed by atoms with E-state index in [1.165, 1.54) is 23.4 Å². The molecule has 1 aliphatic rings. The molecule has 0 spiro atoms. The van der Waals surface area contributed by atoms with Gasteiger partial charge in [0.25, 0.3) is 0 Å². The van der Waals surface area contributed by atoms with E-state index in [1.54, 1.807) is 0 Å². The first-order valence-corrected chi connectivity index (χ1v) is 5.91. The third-order valence-electron chi connectivity index (χ3n) is 3.52. The quantitative estimate of drug-likeness (QED) is 0.733. The van der Waals surface area contributed by atoms with Crippen LogP contribution in [-0.2, 0) is 12.8 Å². The summed E-state index contributed by atoms with van der Waals surface area (Å²) in [6.07, 6.45) is 5.49. The molecule has 0 saturated carbocycles. The van der Waals surface area contributed by atoms with Crippen LogP contribution in [0.5, 0.6) is 0 Å². The van der Waals surface area contributed by atoms with Crippen molar-refractivity contribution in [2.45, 2.75) is 33.1 Å². The maximum atomic E-state index is 5.90. The van der Waals surface area contributed by atoms with E-state index < -0.39 is 0 Å². The van der Waals surface area contributed by atoms with Gasteiger partial charge in [0.1, 0.15) is 5.65 Å². The lowest BCUT2D eigenvalue weighted by Gasteiger charge is -2.17. The van der Waals surface area contributed by atoms with E-state index in [2.05, 4.69) is 18.2 Å². The van der Waals surface area contributed by atoms with Crippen molar-refractivity contribution >= 4 is 11.3 Å². The number of anilines is 1. The van der Waals surface area contributed by atoms with Crippen LogP contribution in [0, 0.1) is 12.8 Å². The van der Waals surface area contributed by atoms with Crippen LogP contribution in [0.2, 0.25) is 0 Å². The molecule has 0 bridgehead atoms. The Labute approximate surface area is 95.3 Å². The summed E-state index contributed by atoms with van der Waals surface area (Å²) in [6.45, 7) is 4.38. The molecule has 84 valence electrons. The zero-order chi connectivity index (χ0) is 11.3. The van der Waals surface area contributed by atoms with Crippen LogP contribution >= 0.6 is 0 Å². The third kappa shape index (κ3) is 1.31. The molecule has 2 aromatic heterocycles. The smallest absolute Gasteiger partial charge is 0.140 e. The molecular formula is C13H17N3. The molecule has 0 amide bonds. The van der Waals surface area contributed by atoms with Gasteiger partial charge in [-0.15, -0.1) is 0 Å². The van der Waals surface area contributed by atoms with E-state index >= 15 is 0 Å². The number of hydrogen-bond donors (Lipinski definition) is 1. The molecule has 0 radical (unpaired) electrons. The Morgan fingerprint density at radius 3 is 3.12 bits per heavy atom. The number of aryl methyl sites for hydroxylation is 2. The summed E-state index contributed by atoms with van der Waals surface area (Å²) in [5.41, 5.74) is 11.6. The molecule has 16 heavy (non-hydrogen) atoms. The first kappa shape index (κ1) is 9.70. The summed E-state index contributed by atoms with van der Waals surface area (Å²) in [6, 6.07) is 2.00. The van der Waals surface area contributed by atoms with Gasteiger partial charge in [-0.1, -0.05) is 6.92 Å². The fourth-order valence-corrected chi connectivity index (χ4v) is 2.66. The summed E-state index contributed by atoms with van der Waals surface area (Å²) in [7, 11) is 0. The van der Waals surface area contributed by atoms with Crippen LogP contribution < -0.4 is 5.73 Å². The molecule has 0 aromatic carbocycles. The lowest BCUT2D eigenvalue weighted by atomic mass is 9.91. The lowest BCUT2D eigenvalue weighted by molar-refractivity contribution is 0.488. The number of nitrogens with zero attached hydrogens (tertiary/aromatic N) is 2. The van der Waals surface area contributed by atoms with E-state index in [0.29, 0.717) is 0 Å². The predicted octanol–water partition coefficient (Wildman–Crippen LogP) is 2.35. The molecule has 1 atom stereocenters. The average molecular weight is 215 g/mol. The summed E-state index contributed by atoms with van der Waals surface area (Å²) >= 11 is 0. The number of fused-ring (bicyclic) bond motifs is 3. The van der Waals surface area contributed by atoms with Crippen LogP contribution in [0.1, 0.15) is 30.3 Å². The topological polar surface area (TPSA) is 43.3 Å². The molecule has 1 aliphatic carbocycles. The highest BCUT2D eigenvalue weighted by Crippen LogP contribution is 2.27. The first-order chi connectivity index (χ1) is 7.65. The minimum Gasteiger partial charge on any atom is -0.398 e. The van der Waals surface area contributed by atoms with E-state index in [0.717, 1.165) is 30.1 Å². The number of hydrogen-bond acceptors (Lipinski definition) is 2. The average Bonchev–Trinajstić information content (AvgIpc) is 2.57. The Kier molecular flexibility index (Phi) is 1.96.